The molecule has 2 amide bonds. The van der Waals surface area contributed by atoms with E-state index in [9.17, 15) is 22.8 Å². The maximum Gasteiger partial charge on any atom is 0.446 e. The summed E-state index contributed by atoms with van der Waals surface area (Å²) in [5.74, 6) is -1.87. The van der Waals surface area contributed by atoms with Gasteiger partial charge in [0.15, 0.2) is 0 Å². The van der Waals surface area contributed by atoms with E-state index < -0.39 is 41.7 Å². The van der Waals surface area contributed by atoms with E-state index in [1.807, 2.05) is 0 Å². The monoisotopic (exact) mass is 308 g/mol. The molecule has 0 heterocycles. The van der Waals surface area contributed by atoms with Gasteiger partial charge in [0.05, 0.1) is 12.1 Å². The van der Waals surface area contributed by atoms with Gasteiger partial charge in [0, 0.05) is 4.90 Å². The molecule has 5 nitrogen and oxygen atoms in total. The average Bonchev–Trinajstić information content (AvgIpc) is 2.34. The molecule has 0 radical (unpaired) electrons. The lowest BCUT2D eigenvalue weighted by Crippen LogP contribution is -2.40. The fourth-order valence-corrected chi connectivity index (χ4v) is 1.92. The smallest absolute Gasteiger partial charge is 0.381 e. The zero-order valence-corrected chi connectivity index (χ0v) is 10.8. The quantitative estimate of drug-likeness (QED) is 0.704. The number of aliphatic hydroxyl groups is 1. The summed E-state index contributed by atoms with van der Waals surface area (Å²) in [5.41, 5.74) is 0.0539. The number of halogens is 3. The number of nitrogens with two attached hydrogens (primary N) is 1. The molecule has 20 heavy (non-hydrogen) atoms. The molecular weight excluding hydrogens is 297 g/mol. The lowest BCUT2D eigenvalue weighted by Gasteiger charge is -2.12. The Labute approximate surface area is 116 Å². The molecule has 1 unspecified atom stereocenters. The van der Waals surface area contributed by atoms with E-state index in [0.29, 0.717) is 0 Å². The molecule has 0 aromatic heterocycles. The van der Waals surface area contributed by atoms with Gasteiger partial charge in [-0.05, 0) is 23.9 Å². The number of carbonyl (C=O) groups excluding carboxylic acids is 2. The Morgan fingerprint density at radius 2 is 1.95 bits per heavy atom. The van der Waals surface area contributed by atoms with Crippen LogP contribution in [0.1, 0.15) is 10.4 Å². The van der Waals surface area contributed by atoms with E-state index in [1.54, 1.807) is 0 Å². The third-order valence-corrected chi connectivity index (χ3v) is 2.95. The van der Waals surface area contributed by atoms with Crippen LogP contribution in [0.3, 0.4) is 0 Å². The van der Waals surface area contributed by atoms with Crippen molar-refractivity contribution in [3.05, 3.63) is 29.8 Å². The largest absolute Gasteiger partial charge is 0.446 e. The number of aliphatic hydroxyl groups excluding tert-OH is 1. The van der Waals surface area contributed by atoms with Crippen molar-refractivity contribution in [3.63, 3.8) is 0 Å². The minimum atomic E-state index is -4.52. The lowest BCUT2D eigenvalue weighted by molar-refractivity contribution is -0.125. The molecule has 110 valence electrons. The van der Waals surface area contributed by atoms with Crippen LogP contribution in [0.5, 0.6) is 0 Å². The Hall–Kier alpha value is -1.74. The lowest BCUT2D eigenvalue weighted by atomic mass is 10.2. The van der Waals surface area contributed by atoms with Gasteiger partial charge < -0.3 is 16.2 Å². The van der Waals surface area contributed by atoms with Crippen LogP contribution in [0.4, 0.5) is 13.2 Å². The van der Waals surface area contributed by atoms with Crippen molar-refractivity contribution < 1.29 is 27.9 Å². The summed E-state index contributed by atoms with van der Waals surface area (Å²) < 4.78 is 37.0. The third-order valence-electron chi connectivity index (χ3n) is 2.14. The highest BCUT2D eigenvalue weighted by molar-refractivity contribution is 8.00. The van der Waals surface area contributed by atoms with Gasteiger partial charge in [-0.2, -0.15) is 13.2 Å². The first-order chi connectivity index (χ1) is 9.20. The van der Waals surface area contributed by atoms with E-state index in [1.165, 1.54) is 18.2 Å². The van der Waals surface area contributed by atoms with Crippen LogP contribution in [-0.2, 0) is 4.79 Å². The summed E-state index contributed by atoms with van der Waals surface area (Å²) in [4.78, 5) is 22.0. The van der Waals surface area contributed by atoms with Gasteiger partial charge in [0.1, 0.15) is 6.10 Å². The van der Waals surface area contributed by atoms with Gasteiger partial charge in [-0.3, -0.25) is 9.59 Å². The first kappa shape index (κ1) is 16.3. The minimum absolute atomic E-state index is 0.202. The summed E-state index contributed by atoms with van der Waals surface area (Å²) in [6.07, 6.45) is -1.60. The Balaban J connectivity index is 2.80. The predicted molar refractivity (Wildman–Crippen MR) is 65.9 cm³/mol. The molecule has 0 saturated carbocycles. The predicted octanol–water partition coefficient (Wildman–Crippen LogP) is 0.875. The molecule has 9 heteroatoms. The molecule has 4 N–H and O–H groups in total. The Kier molecular flexibility index (Phi) is 5.40. The van der Waals surface area contributed by atoms with Crippen molar-refractivity contribution >= 4 is 23.6 Å². The van der Waals surface area contributed by atoms with E-state index in [2.05, 4.69) is 5.32 Å². The van der Waals surface area contributed by atoms with E-state index in [0.717, 1.165) is 6.07 Å². The van der Waals surface area contributed by atoms with Gasteiger partial charge in [-0.25, -0.2) is 0 Å². The molecule has 1 aromatic rings. The molecule has 0 fully saturated rings. The van der Waals surface area contributed by atoms with Gasteiger partial charge in [0.2, 0.25) is 5.91 Å². The Morgan fingerprint density at radius 1 is 1.35 bits per heavy atom. The van der Waals surface area contributed by atoms with Gasteiger partial charge in [-0.1, -0.05) is 12.1 Å². The van der Waals surface area contributed by atoms with Crippen LogP contribution in [0, 0.1) is 0 Å². The molecule has 1 rings (SSSR count). The SMILES string of the molecule is NC(=O)C(O)CNC(=O)c1ccccc1SC(F)(F)F. The number of hydrogen-bond acceptors (Lipinski definition) is 4. The van der Waals surface area contributed by atoms with Crippen LogP contribution in [-0.4, -0.2) is 35.1 Å². The van der Waals surface area contributed by atoms with Crippen molar-refractivity contribution in [1.29, 1.82) is 0 Å². The second kappa shape index (κ2) is 6.62. The molecule has 1 atom stereocenters. The third kappa shape index (κ3) is 5.10. The number of primary amides is 1. The van der Waals surface area contributed by atoms with Crippen LogP contribution in [0.15, 0.2) is 29.2 Å². The standard InChI is InChI=1S/C11H11F3N2O3S/c12-11(13,14)20-8-4-2-1-3-6(8)10(19)16-5-7(17)9(15)18/h1-4,7,17H,5H2,(H2,15,18)(H,16,19). The van der Waals surface area contributed by atoms with Crippen LogP contribution < -0.4 is 11.1 Å². The summed E-state index contributed by atoms with van der Waals surface area (Å²) in [6.45, 7) is -0.473. The normalized spacial score (nSPS) is 12.8. The fourth-order valence-electron chi connectivity index (χ4n) is 1.25. The minimum Gasteiger partial charge on any atom is -0.381 e. The van der Waals surface area contributed by atoms with Crippen LogP contribution >= 0.6 is 11.8 Å². The van der Waals surface area contributed by atoms with E-state index in [4.69, 9.17) is 10.8 Å². The highest BCUT2D eigenvalue weighted by Crippen LogP contribution is 2.38. The Bertz CT molecular complexity index is 508. The van der Waals surface area contributed by atoms with E-state index >= 15 is 0 Å². The van der Waals surface area contributed by atoms with Crippen molar-refractivity contribution in [2.45, 2.75) is 16.5 Å². The van der Waals surface area contributed by atoms with Crippen LogP contribution in [0.25, 0.3) is 0 Å². The van der Waals surface area contributed by atoms with Crippen molar-refractivity contribution in [1.82, 2.24) is 5.32 Å². The second-order valence-corrected chi connectivity index (χ2v) is 4.78. The number of rotatable bonds is 5. The zero-order valence-electron chi connectivity index (χ0n) is 9.98. The molecule has 0 aliphatic rings. The van der Waals surface area contributed by atoms with Crippen molar-refractivity contribution in [2.24, 2.45) is 5.73 Å². The molecule has 0 aliphatic carbocycles. The van der Waals surface area contributed by atoms with Gasteiger partial charge in [0.25, 0.3) is 5.91 Å². The van der Waals surface area contributed by atoms with Gasteiger partial charge >= 0.3 is 5.51 Å². The summed E-state index contributed by atoms with van der Waals surface area (Å²) in [7, 11) is 0. The maximum atomic E-state index is 12.3. The molecule has 0 aliphatic heterocycles. The topological polar surface area (TPSA) is 92.4 Å². The Morgan fingerprint density at radius 3 is 2.50 bits per heavy atom. The van der Waals surface area contributed by atoms with Gasteiger partial charge in [-0.15, -0.1) is 0 Å². The summed E-state index contributed by atoms with van der Waals surface area (Å²) >= 11 is -0.419. The van der Waals surface area contributed by atoms with Crippen molar-refractivity contribution in [2.75, 3.05) is 6.54 Å². The number of amides is 2. The maximum absolute atomic E-state index is 12.3. The first-order valence-electron chi connectivity index (χ1n) is 5.31. The highest BCUT2D eigenvalue weighted by Gasteiger charge is 2.31. The number of thioether (sulfide) groups is 1. The van der Waals surface area contributed by atoms with E-state index in [-0.39, 0.29) is 10.5 Å². The number of carbonyl (C=O) groups is 2. The summed E-state index contributed by atoms with van der Waals surface area (Å²) in [5, 5.41) is 11.2. The molecule has 0 bridgehead atoms. The number of benzene rings is 1. The molecule has 0 spiro atoms. The number of alkyl halides is 3. The molecule has 1 aromatic carbocycles. The highest BCUT2D eigenvalue weighted by atomic mass is 32.2. The second-order valence-electron chi connectivity index (χ2n) is 3.67. The van der Waals surface area contributed by atoms with Crippen LogP contribution in [0.2, 0.25) is 0 Å². The fraction of sp³-hybridized carbons (Fsp3) is 0.273. The zero-order chi connectivity index (χ0) is 15.3. The number of nitrogens with one attached hydrogen (secondary N) is 1. The summed E-state index contributed by atoms with van der Waals surface area (Å²) in [6, 6.07) is 5.13. The number of hydrogen-bond donors (Lipinski definition) is 3. The first-order valence-corrected chi connectivity index (χ1v) is 6.12. The average molecular weight is 308 g/mol. The molecular formula is C11H11F3N2O3S. The van der Waals surface area contributed by atoms with Crippen molar-refractivity contribution in [3.8, 4) is 0 Å². The molecule has 0 saturated heterocycles.